The molecule has 2 heterocycles. The minimum Gasteiger partial charge on any atom is -0.598 e. The molecule has 0 N–H and O–H groups in total. The fourth-order valence-electron chi connectivity index (χ4n) is 10.4. The van der Waals surface area contributed by atoms with Gasteiger partial charge in [-0.25, -0.2) is 114 Å². The van der Waals surface area contributed by atoms with Crippen molar-refractivity contribution in [2.45, 2.75) is 71.0 Å². The number of hydrogen-bond acceptors (Lipinski definition) is 1. The molecule has 30 heteroatoms. The number of nitrogens with zero attached hydrogens (tertiary/aromatic N) is 1. The molecule has 2 aliphatic heterocycles. The van der Waals surface area contributed by atoms with E-state index in [9.17, 15) is 22.0 Å². The van der Waals surface area contributed by atoms with Gasteiger partial charge in [0, 0.05) is 12.8 Å². The molecule has 0 bridgehead atoms. The van der Waals surface area contributed by atoms with E-state index < -0.39 is 214 Å². The summed E-state index contributed by atoms with van der Waals surface area (Å²) in [5, 5.41) is 0. The zero-order chi connectivity index (χ0) is 55.9. The molecule has 2 atom stereocenters. The third-order valence-corrected chi connectivity index (χ3v) is 13.5. The lowest BCUT2D eigenvalue weighted by Gasteiger charge is -2.40. The highest BCUT2D eigenvalue weighted by Gasteiger charge is 2.68. The summed E-state index contributed by atoms with van der Waals surface area (Å²) < 4.78 is 410. The average Bonchev–Trinajstić information content (AvgIpc) is 3.74. The standard InChI is InChI=1S/C44H24B2F25NO2/c1-10(9-72-43(2,3)7-6-8-44(72,4)5)41-46(14-22(53)32(63)39(70)33(64)23(14)54,15-24(55)34(65)40(71)35(66)25(15)56)74-42(73-41)45(11-16(47)26(57)36(67)27(58)17(11)48,12-18(49)28(59)37(68)29(60)19(12)50)13-20(51)30(61)38(69)31(62)21(13)52/h9-10,41H,6-8H2,1-5H3/t10-,41-/m0/s1. The molecule has 0 aliphatic carbocycles. The van der Waals surface area contributed by atoms with Crippen molar-refractivity contribution in [1.82, 2.24) is 0 Å². The summed E-state index contributed by atoms with van der Waals surface area (Å²) >= 11 is 0. The monoisotopic (exact) mass is 1100 g/mol. The molecule has 2 aliphatic rings. The van der Waals surface area contributed by atoms with E-state index in [-0.39, 0.29) is 12.8 Å². The van der Waals surface area contributed by atoms with Gasteiger partial charge in [0.25, 0.3) is 6.15 Å². The van der Waals surface area contributed by atoms with Crippen molar-refractivity contribution in [3.63, 3.8) is 0 Å². The van der Waals surface area contributed by atoms with Gasteiger partial charge in [0.1, 0.15) is 64.4 Å². The van der Waals surface area contributed by atoms with Gasteiger partial charge in [-0.1, -0.05) is 6.92 Å². The number of benzene rings is 5. The van der Waals surface area contributed by atoms with Crippen molar-refractivity contribution in [1.29, 1.82) is 0 Å². The quantitative estimate of drug-likeness (QED) is 0.0380. The van der Waals surface area contributed by atoms with Crippen LogP contribution in [0.15, 0.2) is 0 Å². The Balaban J connectivity index is 1.95. The lowest BCUT2D eigenvalue weighted by atomic mass is 9.14. The minimum atomic E-state index is -7.45. The maximum absolute atomic E-state index is 16.8. The van der Waals surface area contributed by atoms with E-state index in [2.05, 4.69) is 0 Å². The molecule has 3 nitrogen and oxygen atoms in total. The van der Waals surface area contributed by atoms with E-state index in [0.717, 1.165) is 0 Å². The third-order valence-electron chi connectivity index (χ3n) is 13.5. The van der Waals surface area contributed by atoms with Gasteiger partial charge in [-0.3, -0.25) is 0 Å². The van der Waals surface area contributed by atoms with Crippen LogP contribution in [0.4, 0.5) is 114 Å². The highest BCUT2D eigenvalue weighted by atomic mass is 19.2. The van der Waals surface area contributed by atoms with Crippen molar-refractivity contribution in [3.8, 4) is 0 Å². The Kier molecular flexibility index (Phi) is 13.6. The van der Waals surface area contributed by atoms with Crippen molar-refractivity contribution < 1.29 is 123 Å². The second-order valence-corrected chi connectivity index (χ2v) is 18.5. The Morgan fingerprint density at radius 2 is 0.649 bits per heavy atom. The number of carbonyl (C=O) groups excluding carboxylic acids is 1. The van der Waals surface area contributed by atoms with Crippen LogP contribution in [0.1, 0.15) is 53.9 Å². The van der Waals surface area contributed by atoms with Gasteiger partial charge < -0.3 is 9.08 Å². The van der Waals surface area contributed by atoms with Gasteiger partial charge >= 0.3 is 6.35 Å². The van der Waals surface area contributed by atoms with Crippen molar-refractivity contribution >= 4 is 51.9 Å². The minimum absolute atomic E-state index is 0.0670. The first kappa shape index (κ1) is 55.4. The summed E-state index contributed by atoms with van der Waals surface area (Å²) in [7, 11) is 0. The fourth-order valence-corrected chi connectivity index (χ4v) is 10.4. The summed E-state index contributed by atoms with van der Waals surface area (Å²) in [6.45, 7) is 6.05. The number of ether oxygens (including phenoxy) is 1. The Bertz CT molecular complexity index is 2960. The maximum Gasteiger partial charge on any atom is 0.423 e. The average molecular weight is 1100 g/mol. The number of piperidine rings is 1. The molecule has 0 unspecified atom stereocenters. The van der Waals surface area contributed by atoms with Gasteiger partial charge in [-0.05, 0) is 45.0 Å². The Labute approximate surface area is 397 Å². The molecule has 0 radical (unpaired) electrons. The van der Waals surface area contributed by atoms with Gasteiger partial charge in [0.15, 0.2) is 104 Å². The fraction of sp³-hybridized carbons (Fsp3) is 0.273. The van der Waals surface area contributed by atoms with Crippen molar-refractivity contribution in [2.75, 3.05) is 0 Å². The zero-order valence-corrected chi connectivity index (χ0v) is 37.2. The van der Waals surface area contributed by atoms with E-state index in [1.807, 2.05) is 0 Å². The van der Waals surface area contributed by atoms with Crippen molar-refractivity contribution in [2.24, 2.45) is 5.92 Å². The molecule has 7 rings (SSSR count). The topological polar surface area (TPSA) is 23.5 Å². The molecule has 398 valence electrons. The van der Waals surface area contributed by atoms with Crippen LogP contribution in [0.3, 0.4) is 0 Å². The third kappa shape index (κ3) is 7.39. The first-order valence-corrected chi connectivity index (χ1v) is 20.8. The van der Waals surface area contributed by atoms with E-state index in [4.69, 9.17) is 9.08 Å². The number of cyclic esters (lactones) is 1. The normalized spacial score (nSPS) is 17.7. The summed E-state index contributed by atoms with van der Waals surface area (Å²) in [6, 6.07) is -3.80. The van der Waals surface area contributed by atoms with Gasteiger partial charge in [0.05, 0.1) is 5.92 Å². The van der Waals surface area contributed by atoms with E-state index >= 15 is 87.8 Å². The molecule has 1 saturated heterocycles. The van der Waals surface area contributed by atoms with Gasteiger partial charge in [-0.2, -0.15) is 0 Å². The lowest BCUT2D eigenvalue weighted by molar-refractivity contribution is -0.673. The van der Waals surface area contributed by atoms with E-state index in [0.29, 0.717) is 19.6 Å². The maximum atomic E-state index is 16.8. The molecule has 0 aromatic heterocycles. The smallest absolute Gasteiger partial charge is 0.423 e. The van der Waals surface area contributed by atoms with Crippen LogP contribution >= 0.6 is 0 Å². The molecule has 0 spiro atoms. The van der Waals surface area contributed by atoms with Crippen LogP contribution in [0.2, 0.25) is 0 Å². The Morgan fingerprint density at radius 3 is 0.905 bits per heavy atom. The largest absolute Gasteiger partial charge is 0.598 e. The molecule has 5 aromatic carbocycles. The summed E-state index contributed by atoms with van der Waals surface area (Å²) in [6.07, 6.45) is -12.9. The molecular weight excluding hydrogens is 1070 g/mol. The van der Waals surface area contributed by atoms with Crippen LogP contribution in [0, 0.1) is 151 Å². The molecule has 0 saturated carbocycles. The predicted octanol–water partition coefficient (Wildman–Crippen LogP) is 10.0. The summed E-state index contributed by atoms with van der Waals surface area (Å²) in [5.74, 6) is -95.0. The van der Waals surface area contributed by atoms with Crippen LogP contribution in [0.5, 0.6) is 0 Å². The SMILES string of the molecule is C[C@@H](C=[N+]1C(C)(C)CCCC1(C)C)[C@@H]1OC([B-](c2c(F)c(F)c(F)c(F)c2F)(c2c(F)c(F)c(F)c(F)c2F)c2c(F)c(F)c(F)c(F)c2F)=[O+][B-]1(c1c(F)c(F)c(F)c(F)c1F)c1c(F)c(F)c(F)c(F)c1F. The van der Waals surface area contributed by atoms with E-state index in [1.165, 1.54) is 32.3 Å². The molecule has 74 heavy (non-hydrogen) atoms. The highest BCUT2D eigenvalue weighted by Crippen LogP contribution is 2.42. The second kappa shape index (κ2) is 18.2. The van der Waals surface area contributed by atoms with Crippen LogP contribution in [-0.4, -0.2) is 46.2 Å². The molecular formula is C44H24B2F25NO2. The zero-order valence-electron chi connectivity index (χ0n) is 37.2. The molecule has 0 amide bonds. The first-order chi connectivity index (χ1) is 34.0. The first-order valence-electron chi connectivity index (χ1n) is 20.8. The second-order valence-electron chi connectivity index (χ2n) is 18.5. The molecule has 5 aromatic rings. The number of halogens is 25. The Morgan fingerprint density at radius 1 is 0.419 bits per heavy atom. The molecule has 1 fully saturated rings. The number of rotatable bonds is 8. The van der Waals surface area contributed by atoms with Gasteiger partial charge in [-0.15, -0.1) is 16.4 Å². The van der Waals surface area contributed by atoms with Crippen LogP contribution < -0.4 is 27.3 Å². The lowest BCUT2D eigenvalue weighted by Crippen LogP contribution is -2.78. The van der Waals surface area contributed by atoms with Crippen LogP contribution in [0.25, 0.3) is 0 Å². The number of hydrogen-bond donors (Lipinski definition) is 0. The Hall–Kier alpha value is -6.38. The predicted molar refractivity (Wildman–Crippen MR) is 209 cm³/mol. The van der Waals surface area contributed by atoms with Crippen LogP contribution in [-0.2, 0) is 4.74 Å². The summed E-state index contributed by atoms with van der Waals surface area (Å²) in [4.78, 5) is 0. The highest BCUT2D eigenvalue weighted by molar-refractivity contribution is 7.30. The van der Waals surface area contributed by atoms with Gasteiger partial charge in [0.2, 0.25) is 5.87 Å². The van der Waals surface area contributed by atoms with E-state index in [1.54, 1.807) is 0 Å². The van der Waals surface area contributed by atoms with Crippen molar-refractivity contribution in [3.05, 3.63) is 145 Å². The summed E-state index contributed by atoms with van der Waals surface area (Å²) in [5.41, 5.74) is -19.8.